The van der Waals surface area contributed by atoms with Crippen molar-refractivity contribution in [1.82, 2.24) is 4.98 Å². The van der Waals surface area contributed by atoms with Gasteiger partial charge < -0.3 is 4.90 Å². The molecule has 2 rings (SSSR count). The van der Waals surface area contributed by atoms with Crippen LogP contribution in [0.5, 0.6) is 0 Å². The summed E-state index contributed by atoms with van der Waals surface area (Å²) < 4.78 is 0. The zero-order valence-electron chi connectivity index (χ0n) is 10.0. The van der Waals surface area contributed by atoms with Gasteiger partial charge in [0.05, 0.1) is 0 Å². The maximum absolute atomic E-state index is 4.58. The van der Waals surface area contributed by atoms with Crippen LogP contribution in [0.3, 0.4) is 0 Å². The molecule has 0 atom stereocenters. The lowest BCUT2D eigenvalue weighted by atomic mass is 9.87. The molecule has 0 radical (unpaired) electrons. The number of hydrogen-bond acceptors (Lipinski definition) is 2. The fourth-order valence-corrected chi connectivity index (χ4v) is 2.48. The first-order chi connectivity index (χ1) is 7.65. The zero-order valence-corrected chi connectivity index (χ0v) is 11.6. The Kier molecular flexibility index (Phi) is 3.53. The van der Waals surface area contributed by atoms with Gasteiger partial charge in [-0.05, 0) is 18.9 Å². The first-order valence-corrected chi connectivity index (χ1v) is 7.04. The molecule has 1 aromatic rings. The summed E-state index contributed by atoms with van der Waals surface area (Å²) in [6.45, 7) is 6.83. The Labute approximate surface area is 106 Å². The minimum atomic E-state index is 0.145. The summed E-state index contributed by atoms with van der Waals surface area (Å²) in [5, 5.41) is 0.965. The lowest BCUT2D eigenvalue weighted by molar-refractivity contribution is 0.601. The van der Waals surface area contributed by atoms with Crippen LogP contribution in [0.1, 0.15) is 32.3 Å². The Morgan fingerprint density at radius 2 is 2.06 bits per heavy atom. The van der Waals surface area contributed by atoms with E-state index < -0.39 is 0 Å². The molecule has 3 heteroatoms. The molecule has 0 aromatic carbocycles. The number of nitrogens with zero attached hydrogens (tertiary/aromatic N) is 2. The van der Waals surface area contributed by atoms with Crippen LogP contribution in [-0.4, -0.2) is 23.4 Å². The van der Waals surface area contributed by atoms with E-state index >= 15 is 0 Å². The molecule has 1 saturated heterocycles. The summed E-state index contributed by atoms with van der Waals surface area (Å²) in [5.74, 6) is 1.18. The third kappa shape index (κ3) is 2.24. The Balaban J connectivity index is 2.37. The first-order valence-electron chi connectivity index (χ1n) is 5.91. The third-order valence-corrected chi connectivity index (χ3v) is 4.66. The standard InChI is InChI=1S/C13H19BrN2/c1-13(2,10-14)11-6-5-7-15-12(11)16-8-3-4-9-16/h5-7H,3-4,8-10H2,1-2H3. The van der Waals surface area contributed by atoms with Crippen molar-refractivity contribution >= 4 is 21.7 Å². The van der Waals surface area contributed by atoms with Crippen molar-refractivity contribution in [3.05, 3.63) is 23.9 Å². The normalized spacial score (nSPS) is 16.8. The molecule has 88 valence electrons. The van der Waals surface area contributed by atoms with Crippen molar-refractivity contribution < 1.29 is 0 Å². The van der Waals surface area contributed by atoms with E-state index in [9.17, 15) is 0 Å². The van der Waals surface area contributed by atoms with Gasteiger partial charge in [0.1, 0.15) is 5.82 Å². The highest BCUT2D eigenvalue weighted by Gasteiger charge is 2.26. The van der Waals surface area contributed by atoms with E-state index in [2.05, 4.69) is 45.7 Å². The van der Waals surface area contributed by atoms with Crippen LogP contribution < -0.4 is 4.90 Å². The number of halogens is 1. The maximum Gasteiger partial charge on any atom is 0.132 e. The van der Waals surface area contributed by atoms with Crippen molar-refractivity contribution in [3.63, 3.8) is 0 Å². The summed E-state index contributed by atoms with van der Waals surface area (Å²) in [6.07, 6.45) is 4.50. The molecule has 0 aliphatic carbocycles. The summed E-state index contributed by atoms with van der Waals surface area (Å²) in [5.41, 5.74) is 1.50. The molecule has 1 aromatic heterocycles. The van der Waals surface area contributed by atoms with Crippen LogP contribution in [0.25, 0.3) is 0 Å². The largest absolute Gasteiger partial charge is 0.356 e. The van der Waals surface area contributed by atoms with Gasteiger partial charge in [0.2, 0.25) is 0 Å². The number of pyridine rings is 1. The van der Waals surface area contributed by atoms with Gasteiger partial charge in [-0.1, -0.05) is 35.8 Å². The van der Waals surface area contributed by atoms with E-state index in [-0.39, 0.29) is 5.41 Å². The summed E-state index contributed by atoms with van der Waals surface area (Å²) in [4.78, 5) is 7.00. The molecular formula is C13H19BrN2. The third-order valence-electron chi connectivity index (χ3n) is 3.26. The second kappa shape index (κ2) is 4.74. The van der Waals surface area contributed by atoms with E-state index in [1.54, 1.807) is 0 Å². The molecule has 1 fully saturated rings. The minimum absolute atomic E-state index is 0.145. The molecule has 0 amide bonds. The fraction of sp³-hybridized carbons (Fsp3) is 0.615. The SMILES string of the molecule is CC(C)(CBr)c1cccnc1N1CCCC1. The molecule has 1 aliphatic rings. The lowest BCUT2D eigenvalue weighted by Crippen LogP contribution is -2.27. The Morgan fingerprint density at radius 1 is 1.38 bits per heavy atom. The van der Waals surface area contributed by atoms with Crippen LogP contribution in [0.4, 0.5) is 5.82 Å². The van der Waals surface area contributed by atoms with Crippen LogP contribution in [0, 0.1) is 0 Å². The fourth-order valence-electron chi connectivity index (χ4n) is 2.18. The average Bonchev–Trinajstić information content (AvgIpc) is 2.82. The number of anilines is 1. The molecular weight excluding hydrogens is 264 g/mol. The quantitative estimate of drug-likeness (QED) is 0.791. The predicted octanol–water partition coefficient (Wildman–Crippen LogP) is 3.35. The van der Waals surface area contributed by atoms with Crippen molar-refractivity contribution in [3.8, 4) is 0 Å². The van der Waals surface area contributed by atoms with Crippen molar-refractivity contribution in [2.75, 3.05) is 23.3 Å². The van der Waals surface area contributed by atoms with Gasteiger partial charge in [-0.15, -0.1) is 0 Å². The topological polar surface area (TPSA) is 16.1 Å². The molecule has 2 heterocycles. The molecule has 0 saturated carbocycles. The van der Waals surface area contributed by atoms with Gasteiger partial charge in [-0.3, -0.25) is 0 Å². The van der Waals surface area contributed by atoms with Gasteiger partial charge in [-0.2, -0.15) is 0 Å². The molecule has 0 bridgehead atoms. The molecule has 0 spiro atoms. The predicted molar refractivity (Wildman–Crippen MR) is 72.5 cm³/mol. The second-order valence-corrected chi connectivity index (χ2v) is 5.65. The van der Waals surface area contributed by atoms with Gasteiger partial charge >= 0.3 is 0 Å². The first kappa shape index (κ1) is 11.9. The Hall–Kier alpha value is -0.570. The van der Waals surface area contributed by atoms with Crippen LogP contribution >= 0.6 is 15.9 Å². The van der Waals surface area contributed by atoms with E-state index in [1.165, 1.54) is 24.2 Å². The summed E-state index contributed by atoms with van der Waals surface area (Å²) in [7, 11) is 0. The number of aromatic nitrogens is 1. The minimum Gasteiger partial charge on any atom is -0.356 e. The van der Waals surface area contributed by atoms with Gasteiger partial charge in [0.15, 0.2) is 0 Å². The van der Waals surface area contributed by atoms with E-state index in [4.69, 9.17) is 0 Å². The number of rotatable bonds is 3. The van der Waals surface area contributed by atoms with E-state index in [0.717, 1.165) is 18.4 Å². The highest BCUT2D eigenvalue weighted by Crippen LogP contribution is 2.33. The van der Waals surface area contributed by atoms with Gasteiger partial charge in [0, 0.05) is 35.6 Å². The zero-order chi connectivity index (χ0) is 11.6. The smallest absolute Gasteiger partial charge is 0.132 e. The van der Waals surface area contributed by atoms with Crippen molar-refractivity contribution in [2.24, 2.45) is 0 Å². The second-order valence-electron chi connectivity index (χ2n) is 5.09. The monoisotopic (exact) mass is 282 g/mol. The van der Waals surface area contributed by atoms with E-state index in [1.807, 2.05) is 12.3 Å². The molecule has 16 heavy (non-hydrogen) atoms. The van der Waals surface area contributed by atoms with Crippen LogP contribution in [0.2, 0.25) is 0 Å². The molecule has 0 unspecified atom stereocenters. The lowest BCUT2D eigenvalue weighted by Gasteiger charge is -2.28. The number of alkyl halides is 1. The van der Waals surface area contributed by atoms with Gasteiger partial charge in [0.25, 0.3) is 0 Å². The Morgan fingerprint density at radius 3 is 2.69 bits per heavy atom. The summed E-state index contributed by atoms with van der Waals surface area (Å²) in [6, 6.07) is 4.25. The average molecular weight is 283 g/mol. The van der Waals surface area contributed by atoms with Crippen molar-refractivity contribution in [2.45, 2.75) is 32.1 Å². The summed E-state index contributed by atoms with van der Waals surface area (Å²) >= 11 is 3.60. The highest BCUT2D eigenvalue weighted by molar-refractivity contribution is 9.09. The molecule has 0 N–H and O–H groups in total. The van der Waals surface area contributed by atoms with Gasteiger partial charge in [-0.25, -0.2) is 4.98 Å². The van der Waals surface area contributed by atoms with Crippen LogP contribution in [0.15, 0.2) is 18.3 Å². The number of hydrogen-bond donors (Lipinski definition) is 0. The molecule has 1 aliphatic heterocycles. The Bertz CT molecular complexity index is 357. The maximum atomic E-state index is 4.58. The van der Waals surface area contributed by atoms with E-state index in [0.29, 0.717) is 0 Å². The molecule has 2 nitrogen and oxygen atoms in total. The highest BCUT2D eigenvalue weighted by atomic mass is 79.9. The van der Waals surface area contributed by atoms with Crippen molar-refractivity contribution in [1.29, 1.82) is 0 Å². The van der Waals surface area contributed by atoms with Crippen LogP contribution in [-0.2, 0) is 5.41 Å².